The van der Waals surface area contributed by atoms with Crippen LogP contribution in [-0.4, -0.2) is 14.8 Å². The zero-order chi connectivity index (χ0) is 16.9. The van der Waals surface area contributed by atoms with Crippen molar-refractivity contribution in [3.8, 4) is 11.3 Å². The van der Waals surface area contributed by atoms with Gasteiger partial charge in [0, 0.05) is 12.6 Å². The normalized spacial score (nSPS) is 12.2. The molecule has 0 unspecified atom stereocenters. The predicted molar refractivity (Wildman–Crippen MR) is 86.5 cm³/mol. The predicted octanol–water partition coefficient (Wildman–Crippen LogP) is 4.81. The molecule has 120 valence electrons. The molecule has 0 aliphatic carbocycles. The van der Waals surface area contributed by atoms with E-state index in [2.05, 4.69) is 10.1 Å². The SMILES string of the molecule is Cn1ncc2c(C(F)(F)F)cc(-c3ccc4ccccc4c3)nc21. The minimum Gasteiger partial charge on any atom is -0.250 e. The van der Waals surface area contributed by atoms with Crippen LogP contribution < -0.4 is 0 Å². The Morgan fingerprint density at radius 3 is 2.46 bits per heavy atom. The molecule has 4 rings (SSSR count). The van der Waals surface area contributed by atoms with Crippen molar-refractivity contribution in [2.24, 2.45) is 7.05 Å². The van der Waals surface area contributed by atoms with Crippen LogP contribution in [-0.2, 0) is 13.2 Å². The van der Waals surface area contributed by atoms with Gasteiger partial charge in [-0.25, -0.2) is 4.98 Å². The second-order valence-corrected chi connectivity index (χ2v) is 5.62. The third-order valence-electron chi connectivity index (χ3n) is 4.06. The molecule has 0 N–H and O–H groups in total. The number of benzene rings is 2. The lowest BCUT2D eigenvalue weighted by Gasteiger charge is -2.11. The maximum absolute atomic E-state index is 13.4. The lowest BCUT2D eigenvalue weighted by molar-refractivity contribution is -0.136. The topological polar surface area (TPSA) is 30.7 Å². The standard InChI is InChI=1S/C18H12F3N3/c1-24-17-14(10-22-24)15(18(19,20)21)9-16(23-17)13-7-6-11-4-2-3-5-12(11)8-13/h2-10H,1H3. The highest BCUT2D eigenvalue weighted by molar-refractivity contribution is 5.88. The van der Waals surface area contributed by atoms with Gasteiger partial charge in [-0.15, -0.1) is 0 Å². The molecule has 0 fully saturated rings. The highest BCUT2D eigenvalue weighted by atomic mass is 19.4. The summed E-state index contributed by atoms with van der Waals surface area (Å²) in [6.07, 6.45) is -3.26. The van der Waals surface area contributed by atoms with Crippen LogP contribution in [0.25, 0.3) is 33.1 Å². The van der Waals surface area contributed by atoms with Gasteiger partial charge in [0.1, 0.15) is 0 Å². The summed E-state index contributed by atoms with van der Waals surface area (Å²) in [6.45, 7) is 0. The van der Waals surface area contributed by atoms with E-state index < -0.39 is 11.7 Å². The Morgan fingerprint density at radius 2 is 1.71 bits per heavy atom. The minimum atomic E-state index is -4.46. The number of hydrogen-bond acceptors (Lipinski definition) is 2. The van der Waals surface area contributed by atoms with Crippen molar-refractivity contribution in [3.05, 3.63) is 60.3 Å². The molecule has 0 aliphatic rings. The summed E-state index contributed by atoms with van der Waals surface area (Å²) in [6, 6.07) is 14.3. The summed E-state index contributed by atoms with van der Waals surface area (Å²) in [4.78, 5) is 4.39. The Hall–Kier alpha value is -2.89. The molecule has 24 heavy (non-hydrogen) atoms. The average Bonchev–Trinajstić information content (AvgIpc) is 2.94. The van der Waals surface area contributed by atoms with E-state index in [1.54, 1.807) is 13.1 Å². The molecule has 2 aromatic heterocycles. The Labute approximate surface area is 135 Å². The monoisotopic (exact) mass is 327 g/mol. The quantitative estimate of drug-likeness (QED) is 0.502. The second-order valence-electron chi connectivity index (χ2n) is 5.62. The fourth-order valence-corrected chi connectivity index (χ4v) is 2.85. The third kappa shape index (κ3) is 2.31. The fourth-order valence-electron chi connectivity index (χ4n) is 2.85. The Morgan fingerprint density at radius 1 is 0.958 bits per heavy atom. The molecule has 0 aliphatic heterocycles. The third-order valence-corrected chi connectivity index (χ3v) is 4.06. The smallest absolute Gasteiger partial charge is 0.250 e. The first kappa shape index (κ1) is 14.7. The molecular weight excluding hydrogens is 315 g/mol. The summed E-state index contributed by atoms with van der Waals surface area (Å²) in [5, 5.41) is 5.90. The van der Waals surface area contributed by atoms with Crippen molar-refractivity contribution in [1.82, 2.24) is 14.8 Å². The number of alkyl halides is 3. The Kier molecular flexibility index (Phi) is 3.09. The molecule has 4 aromatic rings. The molecule has 0 spiro atoms. The maximum atomic E-state index is 13.4. The number of fused-ring (bicyclic) bond motifs is 2. The fraction of sp³-hybridized carbons (Fsp3) is 0.111. The summed E-state index contributed by atoms with van der Waals surface area (Å²) in [5.74, 6) is 0. The Balaban J connectivity index is 1.99. The highest BCUT2D eigenvalue weighted by Gasteiger charge is 2.34. The summed E-state index contributed by atoms with van der Waals surface area (Å²) in [5.41, 5.74) is 0.420. The van der Waals surface area contributed by atoms with Gasteiger partial charge in [-0.05, 0) is 22.9 Å². The number of pyridine rings is 1. The van der Waals surface area contributed by atoms with Crippen LogP contribution in [0.4, 0.5) is 13.2 Å². The molecular formula is C18H12F3N3. The zero-order valence-electron chi connectivity index (χ0n) is 12.7. The summed E-state index contributed by atoms with van der Waals surface area (Å²) < 4.78 is 41.6. The molecule has 2 aromatic carbocycles. The number of aromatic nitrogens is 3. The van der Waals surface area contributed by atoms with Crippen molar-refractivity contribution >= 4 is 21.8 Å². The van der Waals surface area contributed by atoms with E-state index in [-0.39, 0.29) is 16.7 Å². The van der Waals surface area contributed by atoms with Crippen LogP contribution in [0.3, 0.4) is 0 Å². The molecule has 0 radical (unpaired) electrons. The van der Waals surface area contributed by atoms with Gasteiger partial charge in [-0.1, -0.05) is 36.4 Å². The van der Waals surface area contributed by atoms with E-state index in [0.29, 0.717) is 5.56 Å². The van der Waals surface area contributed by atoms with E-state index in [0.717, 1.165) is 16.8 Å². The van der Waals surface area contributed by atoms with Crippen LogP contribution >= 0.6 is 0 Å². The van der Waals surface area contributed by atoms with Gasteiger partial charge in [-0.2, -0.15) is 18.3 Å². The van der Waals surface area contributed by atoms with Gasteiger partial charge in [0.25, 0.3) is 0 Å². The largest absolute Gasteiger partial charge is 0.417 e. The highest BCUT2D eigenvalue weighted by Crippen LogP contribution is 2.37. The average molecular weight is 327 g/mol. The molecule has 0 amide bonds. The first-order chi connectivity index (χ1) is 11.4. The second kappa shape index (κ2) is 5.06. The van der Waals surface area contributed by atoms with E-state index in [4.69, 9.17) is 0 Å². The molecule has 0 bridgehead atoms. The number of nitrogens with zero attached hydrogens (tertiary/aromatic N) is 3. The van der Waals surface area contributed by atoms with Crippen molar-refractivity contribution in [3.63, 3.8) is 0 Å². The van der Waals surface area contributed by atoms with E-state index in [1.165, 1.54) is 10.9 Å². The van der Waals surface area contributed by atoms with Gasteiger partial charge < -0.3 is 0 Å². The van der Waals surface area contributed by atoms with Crippen LogP contribution in [0.5, 0.6) is 0 Å². The van der Waals surface area contributed by atoms with E-state index in [1.807, 2.05) is 36.4 Å². The number of hydrogen-bond donors (Lipinski definition) is 0. The number of halogens is 3. The van der Waals surface area contributed by atoms with Crippen LogP contribution in [0.15, 0.2) is 54.7 Å². The maximum Gasteiger partial charge on any atom is 0.417 e. The molecule has 2 heterocycles. The van der Waals surface area contributed by atoms with Gasteiger partial charge in [0.15, 0.2) is 5.65 Å². The van der Waals surface area contributed by atoms with Gasteiger partial charge in [0.05, 0.1) is 22.8 Å². The van der Waals surface area contributed by atoms with Crippen LogP contribution in [0.1, 0.15) is 5.56 Å². The molecule has 0 atom stereocenters. The first-order valence-corrected chi connectivity index (χ1v) is 7.32. The van der Waals surface area contributed by atoms with E-state index in [9.17, 15) is 13.2 Å². The molecule has 0 saturated heterocycles. The van der Waals surface area contributed by atoms with Crippen LogP contribution in [0, 0.1) is 0 Å². The van der Waals surface area contributed by atoms with Gasteiger partial charge in [-0.3, -0.25) is 4.68 Å². The van der Waals surface area contributed by atoms with Gasteiger partial charge >= 0.3 is 6.18 Å². The van der Waals surface area contributed by atoms with Crippen molar-refractivity contribution in [2.45, 2.75) is 6.18 Å². The lowest BCUT2D eigenvalue weighted by atomic mass is 10.0. The molecule has 3 nitrogen and oxygen atoms in total. The Bertz CT molecular complexity index is 1060. The molecule has 0 saturated carbocycles. The van der Waals surface area contributed by atoms with Crippen molar-refractivity contribution in [1.29, 1.82) is 0 Å². The summed E-state index contributed by atoms with van der Waals surface area (Å²) in [7, 11) is 1.58. The minimum absolute atomic E-state index is 0.00883. The van der Waals surface area contributed by atoms with Crippen molar-refractivity contribution in [2.75, 3.05) is 0 Å². The van der Waals surface area contributed by atoms with E-state index >= 15 is 0 Å². The number of rotatable bonds is 1. The van der Waals surface area contributed by atoms with Gasteiger partial charge in [0.2, 0.25) is 0 Å². The lowest BCUT2D eigenvalue weighted by Crippen LogP contribution is -2.07. The number of aryl methyl sites for hydroxylation is 1. The molecule has 6 heteroatoms. The van der Waals surface area contributed by atoms with Crippen molar-refractivity contribution < 1.29 is 13.2 Å². The zero-order valence-corrected chi connectivity index (χ0v) is 12.7. The van der Waals surface area contributed by atoms with Crippen LogP contribution in [0.2, 0.25) is 0 Å². The first-order valence-electron chi connectivity index (χ1n) is 7.32. The summed E-state index contributed by atoms with van der Waals surface area (Å²) >= 11 is 0.